The number of nitrogens with two attached hydrogens (primary N) is 1. The number of rotatable bonds is 5. The maximum Gasteiger partial charge on any atom is 0.284 e. The fourth-order valence-electron chi connectivity index (χ4n) is 4.66. The lowest BCUT2D eigenvalue weighted by molar-refractivity contribution is 0.0949. The van der Waals surface area contributed by atoms with Crippen LogP contribution < -0.4 is 16.6 Å². The van der Waals surface area contributed by atoms with Gasteiger partial charge in [0.05, 0.1) is 11.4 Å². The number of carbonyl (C=O) groups excluding carboxylic acids is 1. The first-order valence-electron chi connectivity index (χ1n) is 11.6. The van der Waals surface area contributed by atoms with Gasteiger partial charge in [-0.1, -0.05) is 18.2 Å². The van der Waals surface area contributed by atoms with E-state index < -0.39 is 11.6 Å². The molecule has 1 atom stereocenters. The summed E-state index contributed by atoms with van der Waals surface area (Å²) in [4.78, 5) is 28.3. The molecule has 3 N–H and O–H groups in total. The van der Waals surface area contributed by atoms with E-state index in [9.17, 15) is 9.59 Å². The number of aromatic nitrogens is 2. The number of carbonyl (C=O) groups is 1. The second-order valence-electron chi connectivity index (χ2n) is 9.21. The molecule has 1 unspecified atom stereocenters. The van der Waals surface area contributed by atoms with Gasteiger partial charge in [-0.05, 0) is 50.1 Å². The molecule has 0 fully saturated rings. The molecule has 1 amide bonds. The molecule has 35 heavy (non-hydrogen) atoms. The van der Waals surface area contributed by atoms with Crippen molar-refractivity contribution in [2.75, 3.05) is 13.6 Å². The summed E-state index contributed by atoms with van der Waals surface area (Å²) in [7, 11) is 1.85. The molecule has 182 valence electrons. The first-order valence-corrected chi connectivity index (χ1v) is 11.6. The van der Waals surface area contributed by atoms with Crippen molar-refractivity contribution in [1.29, 1.82) is 0 Å². The van der Waals surface area contributed by atoms with Crippen LogP contribution in [0.1, 0.15) is 35.8 Å². The van der Waals surface area contributed by atoms with Crippen molar-refractivity contribution < 1.29 is 13.9 Å². The maximum absolute atomic E-state index is 15.5. The maximum atomic E-state index is 15.5. The lowest BCUT2D eigenvalue weighted by atomic mass is 9.94. The monoisotopic (exact) mass is 477 g/mol. The van der Waals surface area contributed by atoms with Crippen LogP contribution in [0.15, 0.2) is 82.5 Å². The summed E-state index contributed by atoms with van der Waals surface area (Å²) in [6, 6.07) is 9.25. The SMILES string of the molecule is CN1CC=C(OC2=CC=C(NC(=O)c3c4n(n(-c5ccccc5)c3=O)CCC4)CC2(C)F)C=C1N. The molecule has 2 aromatic rings. The number of fused-ring (bicyclic) bond motifs is 1. The van der Waals surface area contributed by atoms with Gasteiger partial charge in [0.2, 0.25) is 0 Å². The molecule has 0 spiro atoms. The molecule has 3 heterocycles. The van der Waals surface area contributed by atoms with Gasteiger partial charge < -0.3 is 20.7 Å². The quantitative estimate of drug-likeness (QED) is 0.691. The highest BCUT2D eigenvalue weighted by Crippen LogP contribution is 2.35. The molecule has 0 bridgehead atoms. The predicted molar refractivity (Wildman–Crippen MR) is 130 cm³/mol. The van der Waals surface area contributed by atoms with Crippen molar-refractivity contribution in [2.45, 2.75) is 38.4 Å². The number of hydrogen-bond acceptors (Lipinski definition) is 5. The number of ether oxygens (including phenoxy) is 1. The second kappa shape index (κ2) is 8.65. The van der Waals surface area contributed by atoms with Gasteiger partial charge in [-0.3, -0.25) is 14.3 Å². The van der Waals surface area contributed by atoms with Crippen LogP contribution in [0.4, 0.5) is 4.39 Å². The minimum atomic E-state index is -1.85. The summed E-state index contributed by atoms with van der Waals surface area (Å²) >= 11 is 0. The lowest BCUT2D eigenvalue weighted by Gasteiger charge is -2.30. The molecule has 0 radical (unpaired) electrons. The Bertz CT molecular complexity index is 1360. The van der Waals surface area contributed by atoms with Gasteiger partial charge in [-0.15, -0.1) is 0 Å². The average Bonchev–Trinajstić information content (AvgIpc) is 3.37. The Morgan fingerprint density at radius 1 is 1.23 bits per heavy atom. The zero-order chi connectivity index (χ0) is 24.7. The molecule has 2 aliphatic heterocycles. The highest BCUT2D eigenvalue weighted by atomic mass is 19.1. The van der Waals surface area contributed by atoms with Crippen LogP contribution in [0.3, 0.4) is 0 Å². The van der Waals surface area contributed by atoms with Crippen LogP contribution in [0.25, 0.3) is 5.69 Å². The van der Waals surface area contributed by atoms with Gasteiger partial charge in [0.25, 0.3) is 11.5 Å². The average molecular weight is 478 g/mol. The third-order valence-corrected chi connectivity index (χ3v) is 6.53. The summed E-state index contributed by atoms with van der Waals surface area (Å²) in [5.74, 6) is 0.613. The first-order chi connectivity index (χ1) is 16.7. The van der Waals surface area contributed by atoms with E-state index >= 15 is 4.39 Å². The van der Waals surface area contributed by atoms with Crippen molar-refractivity contribution in [2.24, 2.45) is 5.73 Å². The minimum Gasteiger partial charge on any atom is -0.458 e. The van der Waals surface area contributed by atoms with Crippen molar-refractivity contribution >= 4 is 5.91 Å². The van der Waals surface area contributed by atoms with Gasteiger partial charge in [0, 0.05) is 38.3 Å². The highest BCUT2D eigenvalue weighted by Gasteiger charge is 2.36. The van der Waals surface area contributed by atoms with E-state index in [1.165, 1.54) is 13.0 Å². The molecule has 0 saturated heterocycles. The second-order valence-corrected chi connectivity index (χ2v) is 9.21. The number of nitrogens with one attached hydrogen (secondary N) is 1. The highest BCUT2D eigenvalue weighted by molar-refractivity contribution is 5.96. The van der Waals surface area contributed by atoms with E-state index in [-0.39, 0.29) is 23.3 Å². The van der Waals surface area contributed by atoms with Gasteiger partial charge in [0.15, 0.2) is 5.67 Å². The summed E-state index contributed by atoms with van der Waals surface area (Å²) in [5.41, 5.74) is 5.60. The Morgan fingerprint density at radius 2 is 2.00 bits per heavy atom. The molecule has 0 saturated carbocycles. The van der Waals surface area contributed by atoms with E-state index in [0.717, 1.165) is 6.42 Å². The molecular formula is C26H28FN5O3. The third-order valence-electron chi connectivity index (χ3n) is 6.53. The number of allylic oxidation sites excluding steroid dienone is 5. The number of hydrogen-bond donors (Lipinski definition) is 2. The standard InChI is InChI=1S/C26H28FN5O3/c1-26(27)16-17(10-11-21(26)35-19-12-14-30(2)22(28)15-19)29-24(33)23-20-9-6-13-31(20)32(25(23)34)18-7-4-3-5-8-18/h3-5,7-8,10-12,15H,6,9,13-14,16,28H2,1-2H3,(H,29,33). The number of para-hydroxylation sites is 1. The minimum absolute atomic E-state index is 0.0974. The van der Waals surface area contributed by atoms with Gasteiger partial charge in [-0.2, -0.15) is 0 Å². The zero-order valence-electron chi connectivity index (χ0n) is 19.8. The molecule has 9 heteroatoms. The van der Waals surface area contributed by atoms with Crippen LogP contribution >= 0.6 is 0 Å². The van der Waals surface area contributed by atoms with Gasteiger partial charge >= 0.3 is 0 Å². The Hall–Kier alpha value is -4.01. The largest absolute Gasteiger partial charge is 0.458 e. The zero-order valence-corrected chi connectivity index (χ0v) is 19.8. The summed E-state index contributed by atoms with van der Waals surface area (Å²) in [6.45, 7) is 2.62. The summed E-state index contributed by atoms with van der Waals surface area (Å²) in [5, 5.41) is 2.77. The Morgan fingerprint density at radius 3 is 2.71 bits per heavy atom. The summed E-state index contributed by atoms with van der Waals surface area (Å²) < 4.78 is 24.7. The van der Waals surface area contributed by atoms with Crippen LogP contribution in [-0.4, -0.2) is 39.4 Å². The number of amides is 1. The Labute approximate surface area is 202 Å². The molecule has 1 aromatic heterocycles. The van der Waals surface area contributed by atoms with Crippen molar-refractivity contribution in [3.63, 3.8) is 0 Å². The molecule has 3 aliphatic rings. The van der Waals surface area contributed by atoms with Crippen molar-refractivity contribution in [1.82, 2.24) is 19.6 Å². The van der Waals surface area contributed by atoms with E-state index in [1.54, 1.807) is 16.8 Å². The van der Waals surface area contributed by atoms with E-state index in [2.05, 4.69) is 5.32 Å². The van der Waals surface area contributed by atoms with Crippen LogP contribution in [-0.2, 0) is 17.7 Å². The fraction of sp³-hybridized carbons (Fsp3) is 0.308. The van der Waals surface area contributed by atoms with E-state index in [1.807, 2.05) is 53.0 Å². The van der Waals surface area contributed by atoms with Gasteiger partial charge in [-0.25, -0.2) is 9.07 Å². The van der Waals surface area contributed by atoms with E-state index in [4.69, 9.17) is 10.5 Å². The first kappa shape index (κ1) is 22.8. The molecule has 5 rings (SSSR count). The number of benzene rings is 1. The molecular weight excluding hydrogens is 449 g/mol. The molecule has 1 aromatic carbocycles. The third kappa shape index (κ3) is 4.18. The van der Waals surface area contributed by atoms with E-state index in [0.29, 0.717) is 48.2 Å². The van der Waals surface area contributed by atoms with Gasteiger partial charge in [0.1, 0.15) is 22.9 Å². The Kier molecular flexibility index (Phi) is 5.62. The topological polar surface area (TPSA) is 94.5 Å². The number of halogens is 1. The van der Waals surface area contributed by atoms with Crippen molar-refractivity contribution in [3.8, 4) is 5.69 Å². The number of likely N-dealkylation sites (N-methyl/N-ethyl adjacent to an activating group) is 1. The smallest absolute Gasteiger partial charge is 0.284 e. The number of nitrogens with zero attached hydrogens (tertiary/aromatic N) is 3. The summed E-state index contributed by atoms with van der Waals surface area (Å²) in [6.07, 6.45) is 7.98. The molecule has 1 aliphatic carbocycles. The predicted octanol–water partition coefficient (Wildman–Crippen LogP) is 2.86. The van der Waals surface area contributed by atoms with Crippen molar-refractivity contribution in [3.05, 3.63) is 99.3 Å². The normalized spacial score (nSPS) is 21.5. The Balaban J connectivity index is 1.39. The lowest BCUT2D eigenvalue weighted by Crippen LogP contribution is -2.35. The van der Waals surface area contributed by atoms with Crippen LogP contribution in [0, 0.1) is 0 Å². The number of alkyl halides is 1. The fourth-order valence-corrected chi connectivity index (χ4v) is 4.66. The van der Waals surface area contributed by atoms with Crippen LogP contribution in [0.5, 0.6) is 0 Å². The van der Waals surface area contributed by atoms with Crippen LogP contribution in [0.2, 0.25) is 0 Å². The molecule has 8 nitrogen and oxygen atoms in total.